The molecule has 2 aromatic carbocycles. The number of carbonyl (C=O) groups is 2. The summed E-state index contributed by atoms with van der Waals surface area (Å²) >= 11 is -1.11. The van der Waals surface area contributed by atoms with Crippen LogP contribution < -0.4 is 4.74 Å². The van der Waals surface area contributed by atoms with Crippen molar-refractivity contribution in [2.24, 2.45) is 0 Å². The normalized spacial score (nSPS) is 15.2. The van der Waals surface area contributed by atoms with E-state index in [0.29, 0.717) is 40.4 Å². The first kappa shape index (κ1) is 17.5. The van der Waals surface area contributed by atoms with E-state index in [1.807, 2.05) is 0 Å². The number of rotatable bonds is 5. The number of hydrogen-bond donors (Lipinski definition) is 1. The van der Waals surface area contributed by atoms with Crippen LogP contribution in [0.5, 0.6) is 5.75 Å². The van der Waals surface area contributed by atoms with Gasteiger partial charge in [-0.3, -0.25) is 9.59 Å². The van der Waals surface area contributed by atoms with Crippen LogP contribution in [0.1, 0.15) is 39.9 Å². The first-order valence-electron chi connectivity index (χ1n) is 7.89. The Kier molecular flexibility index (Phi) is 4.83. The van der Waals surface area contributed by atoms with Gasteiger partial charge in [0.15, 0.2) is 10.7 Å². The van der Waals surface area contributed by atoms with E-state index in [9.17, 15) is 19.2 Å². The number of benzene rings is 2. The molecule has 0 saturated heterocycles. The van der Waals surface area contributed by atoms with Crippen molar-refractivity contribution in [1.82, 2.24) is 0 Å². The molecule has 1 N–H and O–H groups in total. The Morgan fingerprint density at radius 3 is 2.52 bits per heavy atom. The van der Waals surface area contributed by atoms with E-state index in [-0.39, 0.29) is 5.78 Å². The summed E-state index contributed by atoms with van der Waals surface area (Å²) in [6, 6.07) is 10.0. The lowest BCUT2D eigenvalue weighted by Gasteiger charge is -2.13. The summed E-state index contributed by atoms with van der Waals surface area (Å²) in [4.78, 5) is 24.9. The Morgan fingerprint density at radius 2 is 1.92 bits per heavy atom. The van der Waals surface area contributed by atoms with Gasteiger partial charge in [-0.2, -0.15) is 0 Å². The van der Waals surface area contributed by atoms with Crippen LogP contribution in [0.3, 0.4) is 0 Å². The molecule has 2 unspecified atom stereocenters. The predicted molar refractivity (Wildman–Crippen MR) is 93.9 cm³/mol. The van der Waals surface area contributed by atoms with E-state index in [4.69, 9.17) is 4.74 Å². The van der Waals surface area contributed by atoms with Gasteiger partial charge in [-0.05, 0) is 59.6 Å². The number of carboxylic acids is 1. The minimum Gasteiger partial charge on any atom is -0.612 e. The van der Waals surface area contributed by atoms with Gasteiger partial charge < -0.3 is 14.4 Å². The molecule has 2 aromatic rings. The van der Waals surface area contributed by atoms with E-state index in [0.717, 1.165) is 5.56 Å². The van der Waals surface area contributed by atoms with E-state index in [1.54, 1.807) is 49.6 Å². The maximum Gasteiger partial charge on any atom is 0.310 e. The van der Waals surface area contributed by atoms with Crippen LogP contribution in [-0.2, 0) is 22.4 Å². The van der Waals surface area contributed by atoms with E-state index in [2.05, 4.69) is 0 Å². The molecule has 0 saturated carbocycles. The third kappa shape index (κ3) is 3.41. The first-order valence-corrected chi connectivity index (χ1v) is 9.45. The topological polar surface area (TPSA) is 86.7 Å². The summed E-state index contributed by atoms with van der Waals surface area (Å²) < 4.78 is 17.1. The summed E-state index contributed by atoms with van der Waals surface area (Å²) in [5.41, 5.74) is 2.28. The van der Waals surface area contributed by atoms with Gasteiger partial charge in [0.2, 0.25) is 0 Å². The lowest BCUT2D eigenvalue weighted by atomic mass is 9.92. The van der Waals surface area contributed by atoms with Gasteiger partial charge in [-0.15, -0.1) is 0 Å². The molecular weight excluding hydrogens is 340 g/mol. The maximum atomic E-state index is 12.9. The fraction of sp³-hybridized carbons (Fsp3) is 0.263. The van der Waals surface area contributed by atoms with Crippen molar-refractivity contribution < 1.29 is 24.0 Å². The molecule has 0 aliphatic carbocycles. The van der Waals surface area contributed by atoms with Gasteiger partial charge in [0.1, 0.15) is 12.0 Å². The smallest absolute Gasteiger partial charge is 0.310 e. The van der Waals surface area contributed by atoms with Crippen molar-refractivity contribution in [2.45, 2.75) is 24.2 Å². The minimum atomic E-state index is -1.11. The summed E-state index contributed by atoms with van der Waals surface area (Å²) in [6.45, 7) is 2.08. The number of aliphatic carboxylic acids is 1. The molecule has 0 bridgehead atoms. The van der Waals surface area contributed by atoms with Crippen LogP contribution in [0.2, 0.25) is 0 Å². The van der Waals surface area contributed by atoms with Gasteiger partial charge in [0.05, 0.1) is 18.1 Å². The van der Waals surface area contributed by atoms with Gasteiger partial charge in [0, 0.05) is 12.0 Å². The Labute approximate surface area is 148 Å². The highest BCUT2D eigenvalue weighted by molar-refractivity contribution is 7.90. The second kappa shape index (κ2) is 6.90. The maximum absolute atomic E-state index is 12.9. The van der Waals surface area contributed by atoms with Crippen molar-refractivity contribution in [1.29, 1.82) is 0 Å². The SMILES string of the molecule is CC(C(=O)O)c1cc2c(c(C(=O)c3ccc([S+](C)[O-])cc3)c1)OCC2. The highest BCUT2D eigenvalue weighted by atomic mass is 32.2. The number of carboxylic acid groups (broad SMARTS) is 1. The number of hydrogen-bond acceptors (Lipinski definition) is 4. The summed E-state index contributed by atoms with van der Waals surface area (Å²) in [5, 5.41) is 9.27. The molecule has 0 aromatic heterocycles. The lowest BCUT2D eigenvalue weighted by Crippen LogP contribution is -2.10. The van der Waals surface area contributed by atoms with Gasteiger partial charge in [-0.1, -0.05) is 6.07 Å². The van der Waals surface area contributed by atoms with Crippen molar-refractivity contribution in [3.63, 3.8) is 0 Å². The van der Waals surface area contributed by atoms with Crippen molar-refractivity contribution in [3.8, 4) is 5.75 Å². The van der Waals surface area contributed by atoms with Crippen LogP contribution in [0.15, 0.2) is 41.3 Å². The number of fused-ring (bicyclic) bond motifs is 1. The Bertz CT molecular complexity index is 826. The standard InChI is InChI=1S/C19H18O5S/c1-11(19(21)22)14-9-13-7-8-24-18(13)16(10-14)17(20)12-3-5-15(6-4-12)25(2)23/h3-6,9-11H,7-8H2,1-2H3,(H,21,22). The van der Waals surface area contributed by atoms with Crippen molar-refractivity contribution in [2.75, 3.05) is 12.9 Å². The van der Waals surface area contributed by atoms with Crippen LogP contribution in [-0.4, -0.2) is 34.3 Å². The Hall–Kier alpha value is -2.31. The largest absolute Gasteiger partial charge is 0.612 e. The molecular formula is C19H18O5S. The highest BCUT2D eigenvalue weighted by Crippen LogP contribution is 2.35. The van der Waals surface area contributed by atoms with Gasteiger partial charge >= 0.3 is 5.97 Å². The molecule has 1 aliphatic rings. The Morgan fingerprint density at radius 1 is 1.24 bits per heavy atom. The van der Waals surface area contributed by atoms with E-state index < -0.39 is 23.1 Å². The van der Waals surface area contributed by atoms with Gasteiger partial charge in [-0.25, -0.2) is 0 Å². The van der Waals surface area contributed by atoms with Crippen molar-refractivity contribution in [3.05, 3.63) is 58.7 Å². The van der Waals surface area contributed by atoms with Crippen LogP contribution in [0.4, 0.5) is 0 Å². The average molecular weight is 358 g/mol. The molecule has 6 heteroatoms. The fourth-order valence-corrected chi connectivity index (χ4v) is 3.37. The fourth-order valence-electron chi connectivity index (χ4n) is 2.85. The molecule has 3 rings (SSSR count). The highest BCUT2D eigenvalue weighted by Gasteiger charge is 2.26. The summed E-state index contributed by atoms with van der Waals surface area (Å²) in [5.74, 6) is -1.34. The molecule has 0 fully saturated rings. The Balaban J connectivity index is 2.03. The molecule has 1 heterocycles. The summed E-state index contributed by atoms with van der Waals surface area (Å²) in [7, 11) is 0. The predicted octanol–water partition coefficient (Wildman–Crippen LogP) is 2.78. The molecule has 25 heavy (non-hydrogen) atoms. The number of ketones is 1. The molecule has 0 radical (unpaired) electrons. The van der Waals surface area contributed by atoms with Crippen LogP contribution in [0, 0.1) is 0 Å². The monoisotopic (exact) mass is 358 g/mol. The molecule has 0 amide bonds. The molecule has 2 atom stereocenters. The minimum absolute atomic E-state index is 0.231. The molecule has 0 spiro atoms. The number of carbonyl (C=O) groups excluding carboxylic acids is 1. The summed E-state index contributed by atoms with van der Waals surface area (Å²) in [6.07, 6.45) is 2.23. The first-order chi connectivity index (χ1) is 11.9. The van der Waals surface area contributed by atoms with Crippen LogP contribution in [0.25, 0.3) is 0 Å². The van der Waals surface area contributed by atoms with Crippen LogP contribution >= 0.6 is 0 Å². The lowest BCUT2D eigenvalue weighted by molar-refractivity contribution is -0.138. The third-order valence-corrected chi connectivity index (χ3v) is 5.31. The zero-order chi connectivity index (χ0) is 18.1. The zero-order valence-corrected chi connectivity index (χ0v) is 14.8. The third-order valence-electron chi connectivity index (χ3n) is 4.37. The molecule has 5 nitrogen and oxygen atoms in total. The molecule has 1 aliphatic heterocycles. The second-order valence-electron chi connectivity index (χ2n) is 6.02. The van der Waals surface area contributed by atoms with E-state index >= 15 is 0 Å². The molecule has 130 valence electrons. The van der Waals surface area contributed by atoms with Crippen molar-refractivity contribution >= 4 is 22.9 Å². The zero-order valence-electron chi connectivity index (χ0n) is 13.9. The number of ether oxygens (including phenoxy) is 1. The van der Waals surface area contributed by atoms with Gasteiger partial charge in [0.25, 0.3) is 0 Å². The second-order valence-corrected chi connectivity index (χ2v) is 7.40. The van der Waals surface area contributed by atoms with E-state index in [1.165, 1.54) is 0 Å². The average Bonchev–Trinajstić information content (AvgIpc) is 3.08. The quantitative estimate of drug-likeness (QED) is 0.656.